The molecule has 0 aliphatic carbocycles. The van der Waals surface area contributed by atoms with Crippen LogP contribution in [0.15, 0.2) is 29.2 Å². The summed E-state index contributed by atoms with van der Waals surface area (Å²) in [5, 5.41) is 17.8. The number of benzene rings is 1. The fraction of sp³-hybridized carbons (Fsp3) is 0.111. The Hall–Kier alpha value is -0.965. The van der Waals surface area contributed by atoms with Crippen LogP contribution in [0.3, 0.4) is 0 Å². The lowest BCUT2D eigenvalue weighted by molar-refractivity contribution is 0.387. The molecule has 2 N–H and O–H groups in total. The SMILES string of the molecule is OB(O)/C(Cl)=C1\COc2ccccc21. The van der Waals surface area contributed by atoms with Crippen molar-refractivity contribution in [2.45, 2.75) is 0 Å². The van der Waals surface area contributed by atoms with Crippen molar-refractivity contribution >= 4 is 24.3 Å². The van der Waals surface area contributed by atoms with Gasteiger partial charge in [-0.1, -0.05) is 29.8 Å². The summed E-state index contributed by atoms with van der Waals surface area (Å²) in [6.45, 7) is 0.287. The molecule has 2 rings (SSSR count). The van der Waals surface area contributed by atoms with E-state index in [0.717, 1.165) is 11.3 Å². The summed E-state index contributed by atoms with van der Waals surface area (Å²) in [6, 6.07) is 7.35. The van der Waals surface area contributed by atoms with Gasteiger partial charge in [0.25, 0.3) is 0 Å². The van der Waals surface area contributed by atoms with Crippen LogP contribution < -0.4 is 4.74 Å². The summed E-state index contributed by atoms with van der Waals surface area (Å²) >= 11 is 5.75. The Kier molecular flexibility index (Phi) is 2.50. The molecular formula is C9H8BClO3. The average Bonchev–Trinajstić information content (AvgIpc) is 2.60. The minimum atomic E-state index is -1.64. The number of hydrogen-bond donors (Lipinski definition) is 2. The standard InChI is InChI=1S/C9H8BClO3/c11-9(10(12)13)7-5-14-8-4-2-1-3-6(7)8/h1-4,12-13H,5H2/b9-7-. The van der Waals surface area contributed by atoms with E-state index in [1.165, 1.54) is 0 Å². The number of halogens is 1. The molecule has 14 heavy (non-hydrogen) atoms. The smallest absolute Gasteiger partial charge is 0.488 e. The van der Waals surface area contributed by atoms with Crippen LogP contribution >= 0.6 is 11.6 Å². The maximum absolute atomic E-state index is 8.92. The second kappa shape index (κ2) is 3.65. The molecule has 0 unspecified atom stereocenters. The molecule has 1 aromatic carbocycles. The number of ether oxygens (including phenoxy) is 1. The first-order valence-corrected chi connectivity index (χ1v) is 4.55. The van der Waals surface area contributed by atoms with E-state index < -0.39 is 7.12 Å². The molecule has 0 fully saturated rings. The predicted molar refractivity (Wildman–Crippen MR) is 54.9 cm³/mol. The van der Waals surface area contributed by atoms with Gasteiger partial charge in [-0.3, -0.25) is 0 Å². The minimum absolute atomic E-state index is 0.0231. The van der Waals surface area contributed by atoms with Crippen LogP contribution in [0.4, 0.5) is 0 Å². The Morgan fingerprint density at radius 1 is 1.36 bits per heavy atom. The van der Waals surface area contributed by atoms with E-state index in [4.69, 9.17) is 26.4 Å². The van der Waals surface area contributed by atoms with Crippen LogP contribution in [0, 0.1) is 0 Å². The third-order valence-corrected chi connectivity index (χ3v) is 2.52. The van der Waals surface area contributed by atoms with Crippen LogP contribution in [0.25, 0.3) is 5.57 Å². The number of fused-ring (bicyclic) bond motifs is 1. The highest BCUT2D eigenvalue weighted by atomic mass is 35.5. The van der Waals surface area contributed by atoms with Gasteiger partial charge in [-0.25, -0.2) is 0 Å². The largest absolute Gasteiger partial charge is 0.500 e. The van der Waals surface area contributed by atoms with Gasteiger partial charge >= 0.3 is 7.12 Å². The number of rotatable bonds is 1. The van der Waals surface area contributed by atoms with E-state index >= 15 is 0 Å². The Morgan fingerprint density at radius 2 is 2.07 bits per heavy atom. The van der Waals surface area contributed by atoms with Crippen LogP contribution in [0.1, 0.15) is 5.56 Å². The molecule has 0 atom stereocenters. The fourth-order valence-electron chi connectivity index (χ4n) is 1.42. The van der Waals surface area contributed by atoms with Crippen LogP contribution in [-0.2, 0) is 0 Å². The van der Waals surface area contributed by atoms with E-state index in [9.17, 15) is 0 Å². The molecule has 72 valence electrons. The second-order valence-corrected chi connectivity index (χ2v) is 3.39. The lowest BCUT2D eigenvalue weighted by Crippen LogP contribution is -2.13. The molecule has 0 bridgehead atoms. The van der Waals surface area contributed by atoms with Gasteiger partial charge in [0.1, 0.15) is 12.4 Å². The molecule has 0 radical (unpaired) electrons. The third kappa shape index (κ3) is 1.52. The summed E-state index contributed by atoms with van der Waals surface area (Å²) in [5.74, 6) is 0.723. The van der Waals surface area contributed by atoms with E-state index in [1.54, 1.807) is 0 Å². The van der Waals surface area contributed by atoms with Gasteiger partial charge < -0.3 is 14.8 Å². The number of hydrogen-bond acceptors (Lipinski definition) is 3. The molecule has 1 aliphatic rings. The highest BCUT2D eigenvalue weighted by Gasteiger charge is 2.25. The Labute approximate surface area is 86.7 Å². The van der Waals surface area contributed by atoms with Crippen molar-refractivity contribution in [1.82, 2.24) is 0 Å². The molecule has 0 spiro atoms. The highest BCUT2D eigenvalue weighted by molar-refractivity contribution is 6.69. The van der Waals surface area contributed by atoms with Gasteiger partial charge in [-0.05, 0) is 6.07 Å². The van der Waals surface area contributed by atoms with Gasteiger partial charge in [-0.2, -0.15) is 0 Å². The molecule has 1 aromatic rings. The lowest BCUT2D eigenvalue weighted by Gasteiger charge is -2.01. The lowest BCUT2D eigenvalue weighted by atomic mass is 9.86. The summed E-state index contributed by atoms with van der Waals surface area (Å²) in [5.41, 5.74) is 1.46. The van der Waals surface area contributed by atoms with Crippen molar-refractivity contribution < 1.29 is 14.8 Å². The van der Waals surface area contributed by atoms with E-state index in [2.05, 4.69) is 0 Å². The topological polar surface area (TPSA) is 49.7 Å². The van der Waals surface area contributed by atoms with Crippen LogP contribution in [0.2, 0.25) is 0 Å². The summed E-state index contributed by atoms with van der Waals surface area (Å²) in [6.07, 6.45) is 0. The fourth-order valence-corrected chi connectivity index (χ4v) is 1.58. The Balaban J connectivity index is 2.49. The first-order chi connectivity index (χ1) is 6.70. The molecule has 0 saturated heterocycles. The van der Waals surface area contributed by atoms with E-state index in [-0.39, 0.29) is 11.5 Å². The molecule has 0 aromatic heterocycles. The predicted octanol–water partition coefficient (Wildman–Crippen LogP) is 1.04. The maximum Gasteiger partial charge on any atom is 0.500 e. The summed E-state index contributed by atoms with van der Waals surface area (Å²) in [7, 11) is -1.64. The van der Waals surface area contributed by atoms with Gasteiger partial charge in [0.15, 0.2) is 0 Å². The zero-order valence-corrected chi connectivity index (χ0v) is 8.03. The third-order valence-electron chi connectivity index (χ3n) is 2.10. The van der Waals surface area contributed by atoms with Crippen LogP contribution in [0.5, 0.6) is 5.75 Å². The van der Waals surface area contributed by atoms with Crippen molar-refractivity contribution in [2.24, 2.45) is 0 Å². The van der Waals surface area contributed by atoms with E-state index in [1.807, 2.05) is 24.3 Å². The van der Waals surface area contributed by atoms with Gasteiger partial charge in [0, 0.05) is 11.1 Å². The van der Waals surface area contributed by atoms with Crippen molar-refractivity contribution in [3.05, 3.63) is 34.8 Å². The molecule has 0 saturated carbocycles. The van der Waals surface area contributed by atoms with Gasteiger partial charge in [0.2, 0.25) is 0 Å². The Morgan fingerprint density at radius 3 is 2.79 bits per heavy atom. The first-order valence-electron chi connectivity index (χ1n) is 4.17. The van der Waals surface area contributed by atoms with Crippen LogP contribution in [-0.4, -0.2) is 23.8 Å². The van der Waals surface area contributed by atoms with E-state index in [0.29, 0.717) is 5.57 Å². The quantitative estimate of drug-likeness (QED) is 0.681. The highest BCUT2D eigenvalue weighted by Crippen LogP contribution is 2.35. The molecular weight excluding hydrogens is 202 g/mol. The average molecular weight is 210 g/mol. The molecule has 0 amide bonds. The van der Waals surface area contributed by atoms with Crippen molar-refractivity contribution in [3.8, 4) is 5.75 Å². The first kappa shape index (κ1) is 9.58. The summed E-state index contributed by atoms with van der Waals surface area (Å²) < 4.78 is 5.32. The minimum Gasteiger partial charge on any atom is -0.488 e. The van der Waals surface area contributed by atoms with Crippen molar-refractivity contribution in [3.63, 3.8) is 0 Å². The number of para-hydroxylation sites is 1. The normalized spacial score (nSPS) is 17.4. The van der Waals surface area contributed by atoms with Gasteiger partial charge in [0.05, 0.1) is 4.93 Å². The monoisotopic (exact) mass is 210 g/mol. The van der Waals surface area contributed by atoms with Crippen molar-refractivity contribution in [1.29, 1.82) is 0 Å². The zero-order chi connectivity index (χ0) is 10.1. The van der Waals surface area contributed by atoms with Gasteiger partial charge in [-0.15, -0.1) is 0 Å². The molecule has 5 heteroatoms. The molecule has 3 nitrogen and oxygen atoms in total. The zero-order valence-electron chi connectivity index (χ0n) is 7.27. The Bertz CT molecular complexity index is 389. The molecule has 1 heterocycles. The maximum atomic E-state index is 8.92. The molecule has 1 aliphatic heterocycles. The second-order valence-electron chi connectivity index (χ2n) is 2.98. The summed E-state index contributed by atoms with van der Waals surface area (Å²) in [4.78, 5) is 0.0231. The van der Waals surface area contributed by atoms with Crippen molar-refractivity contribution in [2.75, 3.05) is 6.61 Å².